The molecule has 0 spiro atoms. The summed E-state index contributed by atoms with van der Waals surface area (Å²) in [5.74, 6) is -0.254. The molecule has 0 fully saturated rings. The number of nitrogens with one attached hydrogen (secondary N) is 3. The number of rotatable bonds is 7. The van der Waals surface area contributed by atoms with E-state index in [0.29, 0.717) is 26.1 Å². The van der Waals surface area contributed by atoms with Gasteiger partial charge in [-0.05, 0) is 36.2 Å². The minimum absolute atomic E-state index is 0.210. The van der Waals surface area contributed by atoms with Crippen molar-refractivity contribution < 1.29 is 9.18 Å². The van der Waals surface area contributed by atoms with Gasteiger partial charge in [0.15, 0.2) is 0 Å². The number of amides is 2. The number of carbonyl (C=O) groups is 1. The molecule has 0 aliphatic carbocycles. The highest BCUT2D eigenvalue weighted by Gasteiger charge is 1.99. The van der Waals surface area contributed by atoms with E-state index in [0.717, 1.165) is 11.3 Å². The Morgan fingerprint density at radius 1 is 0.955 bits per heavy atom. The first-order chi connectivity index (χ1) is 10.7. The second-order valence-corrected chi connectivity index (χ2v) is 4.72. The number of carbonyl (C=O) groups excluding carboxylic acids is 1. The van der Waals surface area contributed by atoms with Crippen LogP contribution in [0.15, 0.2) is 48.8 Å². The number of anilines is 1. The number of nitrogens with zero attached hydrogens (tertiary/aromatic N) is 1. The van der Waals surface area contributed by atoms with Gasteiger partial charge in [-0.1, -0.05) is 12.1 Å². The van der Waals surface area contributed by atoms with Crippen LogP contribution in [0.1, 0.15) is 5.56 Å². The predicted molar refractivity (Wildman–Crippen MR) is 84.2 cm³/mol. The summed E-state index contributed by atoms with van der Waals surface area (Å²) in [5.41, 5.74) is 1.95. The minimum atomic E-state index is -0.254. The summed E-state index contributed by atoms with van der Waals surface area (Å²) in [4.78, 5) is 15.5. The van der Waals surface area contributed by atoms with Gasteiger partial charge in [0.05, 0.1) is 0 Å². The molecule has 116 valence electrons. The highest BCUT2D eigenvalue weighted by atomic mass is 19.1. The first-order valence-corrected chi connectivity index (χ1v) is 7.14. The number of hydrogen-bond acceptors (Lipinski definition) is 3. The molecule has 5 nitrogen and oxygen atoms in total. The Kier molecular flexibility index (Phi) is 6.17. The molecule has 0 radical (unpaired) electrons. The van der Waals surface area contributed by atoms with Gasteiger partial charge in [0.1, 0.15) is 5.82 Å². The monoisotopic (exact) mass is 302 g/mol. The largest absolute Gasteiger partial charge is 0.383 e. The van der Waals surface area contributed by atoms with Crippen molar-refractivity contribution in [3.8, 4) is 0 Å². The minimum Gasteiger partial charge on any atom is -0.383 e. The van der Waals surface area contributed by atoms with Crippen LogP contribution in [-0.4, -0.2) is 30.6 Å². The highest BCUT2D eigenvalue weighted by molar-refractivity contribution is 5.73. The van der Waals surface area contributed by atoms with Gasteiger partial charge in [0, 0.05) is 37.7 Å². The van der Waals surface area contributed by atoms with Crippen molar-refractivity contribution in [2.24, 2.45) is 0 Å². The summed E-state index contributed by atoms with van der Waals surface area (Å²) in [7, 11) is 0. The average Bonchev–Trinajstić information content (AvgIpc) is 2.54. The summed E-state index contributed by atoms with van der Waals surface area (Å²) >= 11 is 0. The van der Waals surface area contributed by atoms with Crippen LogP contribution < -0.4 is 16.0 Å². The maximum absolute atomic E-state index is 12.7. The molecular weight excluding hydrogens is 283 g/mol. The van der Waals surface area contributed by atoms with Gasteiger partial charge in [0.2, 0.25) is 0 Å². The number of halogens is 1. The molecule has 1 aromatic heterocycles. The molecule has 6 heteroatoms. The number of benzene rings is 1. The van der Waals surface area contributed by atoms with E-state index < -0.39 is 0 Å². The average molecular weight is 302 g/mol. The zero-order chi connectivity index (χ0) is 15.6. The quantitative estimate of drug-likeness (QED) is 0.687. The molecule has 0 saturated heterocycles. The van der Waals surface area contributed by atoms with E-state index in [9.17, 15) is 9.18 Å². The molecular formula is C16H19FN4O. The van der Waals surface area contributed by atoms with Crippen LogP contribution in [-0.2, 0) is 6.42 Å². The van der Waals surface area contributed by atoms with Gasteiger partial charge >= 0.3 is 6.03 Å². The molecule has 3 N–H and O–H groups in total. The summed E-state index contributed by atoms with van der Waals surface area (Å²) < 4.78 is 12.7. The number of aromatic nitrogens is 1. The number of hydrogen-bond donors (Lipinski definition) is 3. The van der Waals surface area contributed by atoms with Gasteiger partial charge in [-0.2, -0.15) is 0 Å². The maximum Gasteiger partial charge on any atom is 0.314 e. The fourth-order valence-electron chi connectivity index (χ4n) is 1.89. The smallest absolute Gasteiger partial charge is 0.314 e. The van der Waals surface area contributed by atoms with Crippen LogP contribution in [0.2, 0.25) is 0 Å². The van der Waals surface area contributed by atoms with E-state index in [2.05, 4.69) is 20.9 Å². The summed E-state index contributed by atoms with van der Waals surface area (Å²) in [6, 6.07) is 9.78. The first-order valence-electron chi connectivity index (χ1n) is 7.14. The van der Waals surface area contributed by atoms with Crippen LogP contribution >= 0.6 is 0 Å². The first kappa shape index (κ1) is 15.8. The van der Waals surface area contributed by atoms with Gasteiger partial charge in [0.25, 0.3) is 0 Å². The van der Waals surface area contributed by atoms with Crippen LogP contribution in [0.3, 0.4) is 0 Å². The van der Waals surface area contributed by atoms with Crippen molar-refractivity contribution in [1.82, 2.24) is 15.6 Å². The van der Waals surface area contributed by atoms with E-state index >= 15 is 0 Å². The lowest BCUT2D eigenvalue weighted by Crippen LogP contribution is -2.38. The third-order valence-electron chi connectivity index (χ3n) is 3.03. The summed E-state index contributed by atoms with van der Waals surface area (Å²) in [5, 5.41) is 8.69. The molecule has 0 bridgehead atoms. The fourth-order valence-corrected chi connectivity index (χ4v) is 1.89. The molecule has 0 atom stereocenters. The van der Waals surface area contributed by atoms with E-state index in [1.54, 1.807) is 24.5 Å². The molecule has 2 rings (SSSR count). The Balaban J connectivity index is 1.55. The molecule has 2 amide bonds. The van der Waals surface area contributed by atoms with Gasteiger partial charge in [-0.15, -0.1) is 0 Å². The van der Waals surface area contributed by atoms with Crippen LogP contribution in [0.25, 0.3) is 0 Å². The zero-order valence-electron chi connectivity index (χ0n) is 12.2. The second kappa shape index (κ2) is 8.61. The van der Waals surface area contributed by atoms with Crippen molar-refractivity contribution in [2.45, 2.75) is 6.42 Å². The molecule has 1 heterocycles. The molecule has 0 aliphatic heterocycles. The van der Waals surface area contributed by atoms with E-state index in [4.69, 9.17) is 0 Å². The Morgan fingerprint density at radius 3 is 2.36 bits per heavy atom. The topological polar surface area (TPSA) is 66.0 Å². The molecule has 1 aromatic carbocycles. The van der Waals surface area contributed by atoms with Gasteiger partial charge in [-0.3, -0.25) is 4.98 Å². The lowest BCUT2D eigenvalue weighted by atomic mass is 10.1. The van der Waals surface area contributed by atoms with E-state index in [1.807, 2.05) is 12.1 Å². The SMILES string of the molecule is O=C(NCCNc1ccncc1)NCCc1ccc(F)cc1. The normalized spacial score (nSPS) is 10.0. The van der Waals surface area contributed by atoms with Crippen molar-refractivity contribution in [3.05, 3.63) is 60.2 Å². The van der Waals surface area contributed by atoms with Crippen LogP contribution in [0.4, 0.5) is 14.9 Å². The standard InChI is InChI=1S/C16H19FN4O/c17-14-3-1-13(2-4-14)5-10-20-16(22)21-12-11-19-15-6-8-18-9-7-15/h1-4,6-9H,5,10-12H2,(H,18,19)(H2,20,21,22). The Morgan fingerprint density at radius 2 is 1.64 bits per heavy atom. The third kappa shape index (κ3) is 5.78. The summed E-state index contributed by atoms with van der Waals surface area (Å²) in [6.07, 6.45) is 4.08. The molecule has 22 heavy (non-hydrogen) atoms. The Hall–Kier alpha value is -2.63. The molecule has 0 saturated carbocycles. The summed E-state index contributed by atoms with van der Waals surface area (Å²) in [6.45, 7) is 1.66. The molecule has 2 aromatic rings. The Bertz CT molecular complexity index is 574. The fraction of sp³-hybridized carbons (Fsp3) is 0.250. The van der Waals surface area contributed by atoms with Crippen molar-refractivity contribution in [1.29, 1.82) is 0 Å². The van der Waals surface area contributed by atoms with Crippen LogP contribution in [0.5, 0.6) is 0 Å². The van der Waals surface area contributed by atoms with E-state index in [1.165, 1.54) is 12.1 Å². The highest BCUT2D eigenvalue weighted by Crippen LogP contribution is 2.03. The number of urea groups is 1. The lowest BCUT2D eigenvalue weighted by molar-refractivity contribution is 0.241. The lowest BCUT2D eigenvalue weighted by Gasteiger charge is -2.09. The van der Waals surface area contributed by atoms with Crippen molar-refractivity contribution >= 4 is 11.7 Å². The third-order valence-corrected chi connectivity index (χ3v) is 3.03. The number of pyridine rings is 1. The maximum atomic E-state index is 12.7. The van der Waals surface area contributed by atoms with Crippen molar-refractivity contribution in [2.75, 3.05) is 25.0 Å². The zero-order valence-corrected chi connectivity index (χ0v) is 12.2. The van der Waals surface area contributed by atoms with Crippen LogP contribution in [0, 0.1) is 5.82 Å². The van der Waals surface area contributed by atoms with Gasteiger partial charge < -0.3 is 16.0 Å². The molecule has 0 aliphatic rings. The predicted octanol–water partition coefficient (Wildman–Crippen LogP) is 2.17. The van der Waals surface area contributed by atoms with Crippen molar-refractivity contribution in [3.63, 3.8) is 0 Å². The Labute approximate surface area is 129 Å². The second-order valence-electron chi connectivity index (χ2n) is 4.72. The van der Waals surface area contributed by atoms with E-state index in [-0.39, 0.29) is 11.8 Å². The van der Waals surface area contributed by atoms with Gasteiger partial charge in [-0.25, -0.2) is 9.18 Å². The molecule has 0 unspecified atom stereocenters.